The Morgan fingerprint density at radius 1 is 1.58 bits per heavy atom. The van der Waals surface area contributed by atoms with Crippen molar-refractivity contribution in [2.24, 2.45) is 5.73 Å². The van der Waals surface area contributed by atoms with Gasteiger partial charge in [-0.3, -0.25) is 4.79 Å². The van der Waals surface area contributed by atoms with Crippen LogP contribution in [0, 0.1) is 0 Å². The molecule has 2 N–H and O–H groups in total. The maximum Gasteiger partial charge on any atom is 0.239 e. The van der Waals surface area contributed by atoms with E-state index in [-0.39, 0.29) is 18.0 Å². The summed E-state index contributed by atoms with van der Waals surface area (Å²) < 4.78 is 0. The number of benzene rings is 1. The molecule has 1 aromatic carbocycles. The van der Waals surface area contributed by atoms with Gasteiger partial charge < -0.3 is 10.6 Å². The summed E-state index contributed by atoms with van der Waals surface area (Å²) in [6.45, 7) is 2.85. The zero-order valence-electron chi connectivity index (χ0n) is 11.3. The van der Waals surface area contributed by atoms with Gasteiger partial charge in [-0.1, -0.05) is 37.1 Å². The van der Waals surface area contributed by atoms with Gasteiger partial charge in [0.1, 0.15) is 0 Å². The Kier molecular flexibility index (Phi) is 4.83. The first-order chi connectivity index (χ1) is 9.13. The molecule has 0 bridgehead atoms. The summed E-state index contributed by atoms with van der Waals surface area (Å²) in [7, 11) is 0. The standard InChI is InChI=1S/C15H21ClN2O/c1-2-5-13(17)15(19)18-9-4-8-14(18)11-6-3-7-12(16)10-11/h3,6-7,10,13-14H,2,4-5,8-9,17H2,1H3. The van der Waals surface area contributed by atoms with Gasteiger partial charge in [-0.2, -0.15) is 0 Å². The van der Waals surface area contributed by atoms with E-state index in [1.165, 1.54) is 0 Å². The van der Waals surface area contributed by atoms with Crippen molar-refractivity contribution in [2.75, 3.05) is 6.54 Å². The van der Waals surface area contributed by atoms with Gasteiger partial charge in [0.05, 0.1) is 12.1 Å². The number of hydrogen-bond acceptors (Lipinski definition) is 2. The Balaban J connectivity index is 2.15. The third kappa shape index (κ3) is 3.28. The summed E-state index contributed by atoms with van der Waals surface area (Å²) >= 11 is 6.03. The zero-order valence-corrected chi connectivity index (χ0v) is 12.1. The van der Waals surface area contributed by atoms with Crippen LogP contribution in [0.3, 0.4) is 0 Å². The van der Waals surface area contributed by atoms with Crippen LogP contribution in [0.1, 0.15) is 44.2 Å². The van der Waals surface area contributed by atoms with Crippen molar-refractivity contribution in [3.8, 4) is 0 Å². The first-order valence-electron chi connectivity index (χ1n) is 6.95. The summed E-state index contributed by atoms with van der Waals surface area (Å²) in [5, 5.41) is 0.717. The molecule has 4 heteroatoms. The van der Waals surface area contributed by atoms with Crippen molar-refractivity contribution in [2.45, 2.75) is 44.7 Å². The highest BCUT2D eigenvalue weighted by atomic mass is 35.5. The molecule has 2 atom stereocenters. The summed E-state index contributed by atoms with van der Waals surface area (Å²) in [6, 6.07) is 7.54. The van der Waals surface area contributed by atoms with Gasteiger partial charge in [0.2, 0.25) is 5.91 Å². The number of nitrogens with zero attached hydrogens (tertiary/aromatic N) is 1. The van der Waals surface area contributed by atoms with E-state index in [2.05, 4.69) is 0 Å². The zero-order chi connectivity index (χ0) is 13.8. The van der Waals surface area contributed by atoms with Crippen LogP contribution in [0.15, 0.2) is 24.3 Å². The highest BCUT2D eigenvalue weighted by Crippen LogP contribution is 2.33. The number of amides is 1. The number of likely N-dealkylation sites (tertiary alicyclic amines) is 1. The molecule has 1 fully saturated rings. The Hall–Kier alpha value is -1.06. The fraction of sp³-hybridized carbons (Fsp3) is 0.533. The van der Waals surface area contributed by atoms with E-state index in [4.69, 9.17) is 17.3 Å². The summed E-state index contributed by atoms with van der Waals surface area (Å²) in [5.41, 5.74) is 7.07. The normalized spacial score (nSPS) is 20.6. The minimum Gasteiger partial charge on any atom is -0.334 e. The number of halogens is 1. The van der Waals surface area contributed by atoms with Crippen LogP contribution in [-0.4, -0.2) is 23.4 Å². The maximum absolute atomic E-state index is 12.4. The lowest BCUT2D eigenvalue weighted by Gasteiger charge is -2.27. The molecule has 1 aromatic rings. The van der Waals surface area contributed by atoms with Gasteiger partial charge in [-0.15, -0.1) is 0 Å². The van der Waals surface area contributed by atoms with E-state index in [9.17, 15) is 4.79 Å². The summed E-state index contributed by atoms with van der Waals surface area (Å²) in [6.07, 6.45) is 3.70. The van der Waals surface area contributed by atoms with Crippen molar-refractivity contribution in [1.29, 1.82) is 0 Å². The Morgan fingerprint density at radius 2 is 2.37 bits per heavy atom. The van der Waals surface area contributed by atoms with E-state index in [0.29, 0.717) is 0 Å². The van der Waals surface area contributed by atoms with E-state index in [1.54, 1.807) is 0 Å². The molecule has 104 valence electrons. The molecule has 1 aliphatic rings. The lowest BCUT2D eigenvalue weighted by atomic mass is 10.0. The number of rotatable bonds is 4. The molecular formula is C15H21ClN2O. The molecule has 1 saturated heterocycles. The molecular weight excluding hydrogens is 260 g/mol. The first-order valence-corrected chi connectivity index (χ1v) is 7.32. The Morgan fingerprint density at radius 3 is 3.05 bits per heavy atom. The number of hydrogen-bond donors (Lipinski definition) is 1. The second-order valence-corrected chi connectivity index (χ2v) is 5.58. The molecule has 0 saturated carbocycles. The fourth-order valence-electron chi connectivity index (χ4n) is 2.74. The van der Waals surface area contributed by atoms with Crippen LogP contribution in [0.4, 0.5) is 0 Å². The highest BCUT2D eigenvalue weighted by Gasteiger charge is 2.32. The minimum atomic E-state index is -0.371. The lowest BCUT2D eigenvalue weighted by Crippen LogP contribution is -2.43. The van der Waals surface area contributed by atoms with Gasteiger partial charge in [-0.25, -0.2) is 0 Å². The van der Waals surface area contributed by atoms with Crippen LogP contribution >= 0.6 is 11.6 Å². The summed E-state index contributed by atoms with van der Waals surface area (Å²) in [5.74, 6) is 0.0734. The van der Waals surface area contributed by atoms with Crippen molar-refractivity contribution < 1.29 is 4.79 Å². The van der Waals surface area contributed by atoms with E-state index in [1.807, 2.05) is 36.1 Å². The van der Waals surface area contributed by atoms with Crippen LogP contribution in [0.5, 0.6) is 0 Å². The molecule has 0 aliphatic carbocycles. The molecule has 0 spiro atoms. The average Bonchev–Trinajstić information content (AvgIpc) is 2.87. The number of nitrogens with two attached hydrogens (primary N) is 1. The lowest BCUT2D eigenvalue weighted by molar-refractivity contribution is -0.133. The van der Waals surface area contributed by atoms with Crippen LogP contribution in [0.25, 0.3) is 0 Å². The predicted molar refractivity (Wildman–Crippen MR) is 78.0 cm³/mol. The molecule has 1 heterocycles. The second-order valence-electron chi connectivity index (χ2n) is 5.14. The molecule has 19 heavy (non-hydrogen) atoms. The SMILES string of the molecule is CCCC(N)C(=O)N1CCCC1c1cccc(Cl)c1. The fourth-order valence-corrected chi connectivity index (χ4v) is 2.94. The third-order valence-corrected chi connectivity index (χ3v) is 3.92. The minimum absolute atomic E-state index is 0.0734. The summed E-state index contributed by atoms with van der Waals surface area (Å²) in [4.78, 5) is 14.3. The van der Waals surface area contributed by atoms with Crippen molar-refractivity contribution in [3.05, 3.63) is 34.9 Å². The van der Waals surface area contributed by atoms with Crippen molar-refractivity contribution in [3.63, 3.8) is 0 Å². The van der Waals surface area contributed by atoms with Gasteiger partial charge in [0.25, 0.3) is 0 Å². The molecule has 0 aromatic heterocycles. The van der Waals surface area contributed by atoms with Crippen molar-refractivity contribution in [1.82, 2.24) is 4.90 Å². The van der Waals surface area contributed by atoms with E-state index < -0.39 is 0 Å². The largest absolute Gasteiger partial charge is 0.334 e. The first kappa shape index (κ1) is 14.4. The quantitative estimate of drug-likeness (QED) is 0.921. The van der Waals surface area contributed by atoms with Gasteiger partial charge in [0.15, 0.2) is 0 Å². The Labute approximate surface area is 119 Å². The maximum atomic E-state index is 12.4. The average molecular weight is 281 g/mol. The van der Waals surface area contributed by atoms with E-state index in [0.717, 1.165) is 42.8 Å². The number of carbonyl (C=O) groups excluding carboxylic acids is 1. The topological polar surface area (TPSA) is 46.3 Å². The van der Waals surface area contributed by atoms with Crippen LogP contribution < -0.4 is 5.73 Å². The molecule has 1 aliphatic heterocycles. The third-order valence-electron chi connectivity index (χ3n) is 3.69. The van der Waals surface area contributed by atoms with Crippen molar-refractivity contribution >= 4 is 17.5 Å². The Bertz CT molecular complexity index is 450. The molecule has 3 nitrogen and oxygen atoms in total. The molecule has 2 rings (SSSR count). The monoisotopic (exact) mass is 280 g/mol. The highest BCUT2D eigenvalue weighted by molar-refractivity contribution is 6.30. The van der Waals surface area contributed by atoms with Crippen LogP contribution in [0.2, 0.25) is 5.02 Å². The smallest absolute Gasteiger partial charge is 0.239 e. The van der Waals surface area contributed by atoms with Gasteiger partial charge in [-0.05, 0) is 37.0 Å². The van der Waals surface area contributed by atoms with Crippen LogP contribution in [-0.2, 0) is 4.79 Å². The number of carbonyl (C=O) groups is 1. The second kappa shape index (κ2) is 6.40. The van der Waals surface area contributed by atoms with E-state index >= 15 is 0 Å². The molecule has 2 unspecified atom stereocenters. The predicted octanol–water partition coefficient (Wildman–Crippen LogP) is 3.13. The van der Waals surface area contributed by atoms with Gasteiger partial charge in [0, 0.05) is 11.6 Å². The molecule has 1 amide bonds. The molecule has 0 radical (unpaired) electrons. The van der Waals surface area contributed by atoms with Gasteiger partial charge >= 0.3 is 0 Å².